The minimum atomic E-state index is 0.00810. The molecule has 1 saturated heterocycles. The molecule has 4 heteroatoms. The van der Waals surface area contributed by atoms with Gasteiger partial charge in [0.05, 0.1) is 0 Å². The van der Waals surface area contributed by atoms with Crippen LogP contribution in [0, 0.1) is 0 Å². The third-order valence-electron chi connectivity index (χ3n) is 2.07. The van der Waals surface area contributed by atoms with Gasteiger partial charge in [0.2, 0.25) is 5.91 Å². The van der Waals surface area contributed by atoms with Gasteiger partial charge in [0, 0.05) is 32.0 Å². The van der Waals surface area contributed by atoms with Crippen LogP contribution in [0.2, 0.25) is 0 Å². The lowest BCUT2D eigenvalue weighted by molar-refractivity contribution is -0.127. The Morgan fingerprint density at radius 1 is 1.64 bits per heavy atom. The van der Waals surface area contributed by atoms with Crippen LogP contribution in [0.4, 0.5) is 0 Å². The summed E-state index contributed by atoms with van der Waals surface area (Å²) >= 11 is 0. The van der Waals surface area contributed by atoms with Gasteiger partial charge in [-0.05, 0) is 0 Å². The van der Waals surface area contributed by atoms with Crippen molar-refractivity contribution >= 4 is 5.91 Å². The summed E-state index contributed by atoms with van der Waals surface area (Å²) in [6.45, 7) is 2.41. The van der Waals surface area contributed by atoms with Gasteiger partial charge in [0.15, 0.2) is 0 Å². The van der Waals surface area contributed by atoms with Crippen LogP contribution in [0.15, 0.2) is 12.4 Å². The highest BCUT2D eigenvalue weighted by Crippen LogP contribution is 2.06. The molecule has 0 radical (unpaired) electrons. The molecule has 1 unspecified atom stereocenters. The van der Waals surface area contributed by atoms with Crippen molar-refractivity contribution in [3.05, 3.63) is 12.4 Å². The van der Waals surface area contributed by atoms with E-state index < -0.39 is 0 Å². The molecule has 2 N–H and O–H groups in total. The van der Waals surface area contributed by atoms with Crippen LogP contribution in [0.5, 0.6) is 0 Å². The fraction of sp³-hybridized carbons (Fsp3) is 0.571. The molecule has 0 aliphatic carbocycles. The van der Waals surface area contributed by atoms with Crippen molar-refractivity contribution in [1.29, 1.82) is 0 Å². The third-order valence-corrected chi connectivity index (χ3v) is 2.07. The van der Waals surface area contributed by atoms with E-state index in [9.17, 15) is 4.79 Å². The molecule has 0 aromatic heterocycles. The average molecular weight is 153 g/mol. The van der Waals surface area contributed by atoms with Gasteiger partial charge in [-0.3, -0.25) is 4.79 Å². The van der Waals surface area contributed by atoms with Gasteiger partial charge in [-0.25, -0.2) is 0 Å². The Labute approximate surface area is 65.2 Å². The van der Waals surface area contributed by atoms with Crippen molar-refractivity contribution in [2.75, 3.05) is 19.6 Å². The SMILES string of the molecule is O=C1NCCN2C=CNCC12. The lowest BCUT2D eigenvalue weighted by atomic mass is 10.1. The first kappa shape index (κ1) is 6.52. The number of carbonyl (C=O) groups is 1. The zero-order chi connectivity index (χ0) is 7.68. The Morgan fingerprint density at radius 3 is 3.36 bits per heavy atom. The molecule has 1 amide bonds. The summed E-state index contributed by atoms with van der Waals surface area (Å²) in [5, 5.41) is 5.86. The maximum atomic E-state index is 11.2. The molecular weight excluding hydrogens is 142 g/mol. The molecule has 0 bridgehead atoms. The number of rotatable bonds is 0. The summed E-state index contributed by atoms with van der Waals surface area (Å²) in [6, 6.07) is 0.00810. The fourth-order valence-corrected chi connectivity index (χ4v) is 1.45. The second kappa shape index (κ2) is 2.45. The van der Waals surface area contributed by atoms with Gasteiger partial charge in [-0.1, -0.05) is 0 Å². The third kappa shape index (κ3) is 1.04. The Bertz CT molecular complexity index is 202. The summed E-state index contributed by atoms with van der Waals surface area (Å²) < 4.78 is 0. The van der Waals surface area contributed by atoms with Crippen molar-refractivity contribution in [1.82, 2.24) is 15.5 Å². The summed E-state index contributed by atoms with van der Waals surface area (Å²) in [5.41, 5.74) is 0. The summed E-state index contributed by atoms with van der Waals surface area (Å²) in [7, 11) is 0. The van der Waals surface area contributed by atoms with Gasteiger partial charge in [0.1, 0.15) is 6.04 Å². The Hall–Kier alpha value is -1.19. The molecule has 2 aliphatic heterocycles. The molecular formula is C7H11N3O. The van der Waals surface area contributed by atoms with Crippen LogP contribution in [-0.2, 0) is 4.79 Å². The van der Waals surface area contributed by atoms with E-state index in [0.717, 1.165) is 19.6 Å². The Morgan fingerprint density at radius 2 is 2.55 bits per heavy atom. The van der Waals surface area contributed by atoms with Crippen molar-refractivity contribution in [2.24, 2.45) is 0 Å². The summed E-state index contributed by atoms with van der Waals surface area (Å²) in [4.78, 5) is 13.3. The molecule has 0 saturated carbocycles. The van der Waals surface area contributed by atoms with Crippen LogP contribution in [0.25, 0.3) is 0 Å². The van der Waals surface area contributed by atoms with Gasteiger partial charge in [0.25, 0.3) is 0 Å². The fourth-order valence-electron chi connectivity index (χ4n) is 1.45. The van der Waals surface area contributed by atoms with E-state index in [4.69, 9.17) is 0 Å². The molecule has 60 valence electrons. The number of carbonyl (C=O) groups excluding carboxylic acids is 1. The molecule has 0 aromatic rings. The molecule has 1 atom stereocenters. The van der Waals surface area contributed by atoms with E-state index in [1.165, 1.54) is 0 Å². The van der Waals surface area contributed by atoms with Gasteiger partial charge in [-0.2, -0.15) is 0 Å². The molecule has 2 rings (SSSR count). The molecule has 2 aliphatic rings. The average Bonchev–Trinajstić information content (AvgIpc) is 2.06. The quantitative estimate of drug-likeness (QED) is 0.462. The van der Waals surface area contributed by atoms with E-state index in [1.807, 2.05) is 12.4 Å². The van der Waals surface area contributed by atoms with Crippen LogP contribution in [-0.4, -0.2) is 36.5 Å². The molecule has 1 fully saturated rings. The first-order valence-electron chi connectivity index (χ1n) is 3.81. The second-order valence-corrected chi connectivity index (χ2v) is 2.77. The molecule has 4 nitrogen and oxygen atoms in total. The van der Waals surface area contributed by atoms with E-state index in [0.29, 0.717) is 0 Å². The smallest absolute Gasteiger partial charge is 0.244 e. The summed E-state index contributed by atoms with van der Waals surface area (Å²) in [5.74, 6) is 0.133. The predicted molar refractivity (Wildman–Crippen MR) is 40.6 cm³/mol. The number of nitrogens with one attached hydrogen (secondary N) is 2. The van der Waals surface area contributed by atoms with Crippen LogP contribution >= 0.6 is 0 Å². The molecule has 11 heavy (non-hydrogen) atoms. The number of piperazine rings is 1. The minimum absolute atomic E-state index is 0.00810. The van der Waals surface area contributed by atoms with Crippen LogP contribution in [0.3, 0.4) is 0 Å². The van der Waals surface area contributed by atoms with E-state index in [-0.39, 0.29) is 11.9 Å². The van der Waals surface area contributed by atoms with Gasteiger partial charge >= 0.3 is 0 Å². The first-order valence-corrected chi connectivity index (χ1v) is 3.81. The topological polar surface area (TPSA) is 44.4 Å². The normalized spacial score (nSPS) is 28.9. The second-order valence-electron chi connectivity index (χ2n) is 2.77. The van der Waals surface area contributed by atoms with E-state index in [2.05, 4.69) is 15.5 Å². The first-order chi connectivity index (χ1) is 5.38. The number of hydrogen-bond acceptors (Lipinski definition) is 3. The summed E-state index contributed by atoms with van der Waals surface area (Å²) in [6.07, 6.45) is 3.82. The molecule has 0 aromatic carbocycles. The lowest BCUT2D eigenvalue weighted by Crippen LogP contribution is -2.57. The molecule has 0 spiro atoms. The van der Waals surface area contributed by atoms with E-state index >= 15 is 0 Å². The zero-order valence-electron chi connectivity index (χ0n) is 6.21. The van der Waals surface area contributed by atoms with Crippen molar-refractivity contribution in [3.63, 3.8) is 0 Å². The number of fused-ring (bicyclic) bond motifs is 1. The van der Waals surface area contributed by atoms with Gasteiger partial charge in [-0.15, -0.1) is 0 Å². The highest BCUT2D eigenvalue weighted by Gasteiger charge is 2.28. The number of hydrogen-bond donors (Lipinski definition) is 2. The van der Waals surface area contributed by atoms with Crippen molar-refractivity contribution in [3.8, 4) is 0 Å². The van der Waals surface area contributed by atoms with Crippen molar-refractivity contribution in [2.45, 2.75) is 6.04 Å². The molecule has 2 heterocycles. The highest BCUT2D eigenvalue weighted by atomic mass is 16.2. The highest BCUT2D eigenvalue weighted by molar-refractivity contribution is 5.83. The van der Waals surface area contributed by atoms with Crippen LogP contribution in [0.1, 0.15) is 0 Å². The maximum Gasteiger partial charge on any atom is 0.244 e. The number of amides is 1. The predicted octanol–water partition coefficient (Wildman–Crippen LogP) is -1.14. The van der Waals surface area contributed by atoms with Gasteiger partial charge < -0.3 is 15.5 Å². The van der Waals surface area contributed by atoms with E-state index in [1.54, 1.807) is 0 Å². The Balaban J connectivity index is 2.15. The zero-order valence-corrected chi connectivity index (χ0v) is 6.21. The monoisotopic (exact) mass is 153 g/mol. The van der Waals surface area contributed by atoms with Crippen molar-refractivity contribution < 1.29 is 4.79 Å². The van der Waals surface area contributed by atoms with Crippen LogP contribution < -0.4 is 10.6 Å². The number of nitrogens with zero attached hydrogens (tertiary/aromatic N) is 1. The minimum Gasteiger partial charge on any atom is -0.387 e. The Kier molecular flexibility index (Phi) is 1.45. The lowest BCUT2D eigenvalue weighted by Gasteiger charge is -2.36. The maximum absolute atomic E-state index is 11.2. The standard InChI is InChI=1S/C7H11N3O/c11-7-6-5-8-1-3-10(6)4-2-9-7/h1,3,6,8H,2,4-5H2,(H,9,11). The largest absolute Gasteiger partial charge is 0.387 e.